The molecule has 1 saturated heterocycles. The summed E-state index contributed by atoms with van der Waals surface area (Å²) in [6.07, 6.45) is 0. The average Bonchev–Trinajstić information content (AvgIpc) is 2.47. The van der Waals surface area contributed by atoms with Crippen LogP contribution < -0.4 is 5.32 Å². The molecule has 0 saturated carbocycles. The van der Waals surface area contributed by atoms with Crippen molar-refractivity contribution in [3.8, 4) is 0 Å². The molecule has 0 radical (unpaired) electrons. The van der Waals surface area contributed by atoms with E-state index in [1.165, 1.54) is 0 Å². The van der Waals surface area contributed by atoms with Gasteiger partial charge in [-0.1, -0.05) is 19.9 Å². The topological polar surface area (TPSA) is 49.4 Å². The summed E-state index contributed by atoms with van der Waals surface area (Å²) >= 11 is 5.18. The van der Waals surface area contributed by atoms with Crippen LogP contribution in [0.15, 0.2) is 27.6 Å². The van der Waals surface area contributed by atoms with E-state index in [-0.39, 0.29) is 0 Å². The van der Waals surface area contributed by atoms with E-state index in [4.69, 9.17) is 0 Å². The van der Waals surface area contributed by atoms with Crippen molar-refractivity contribution >= 4 is 37.7 Å². The van der Waals surface area contributed by atoms with Gasteiger partial charge in [-0.3, -0.25) is 0 Å². The fourth-order valence-electron chi connectivity index (χ4n) is 2.10. The number of hydrogen-bond acceptors (Lipinski definition) is 4. The molecule has 118 valence electrons. The molecule has 2 rings (SSSR count). The zero-order valence-corrected chi connectivity index (χ0v) is 15.5. The van der Waals surface area contributed by atoms with Gasteiger partial charge in [-0.15, -0.1) is 0 Å². The highest BCUT2D eigenvalue weighted by Crippen LogP contribution is 2.28. The van der Waals surface area contributed by atoms with Gasteiger partial charge in [0.15, 0.2) is 0 Å². The highest BCUT2D eigenvalue weighted by atomic mass is 79.9. The van der Waals surface area contributed by atoms with Gasteiger partial charge in [0.1, 0.15) is 0 Å². The van der Waals surface area contributed by atoms with Crippen LogP contribution in [0.4, 0.5) is 0 Å². The Morgan fingerprint density at radius 2 is 2.00 bits per heavy atom. The summed E-state index contributed by atoms with van der Waals surface area (Å²) in [5.74, 6) is 1.73. The first-order valence-electron chi connectivity index (χ1n) is 7.01. The second-order valence-corrected chi connectivity index (χ2v) is 9.30. The number of sulfonamides is 1. The van der Waals surface area contributed by atoms with Gasteiger partial charge in [-0.05, 0) is 33.6 Å². The molecule has 0 unspecified atom stereocenters. The van der Waals surface area contributed by atoms with E-state index < -0.39 is 10.0 Å². The zero-order chi connectivity index (χ0) is 15.5. The zero-order valence-electron chi connectivity index (χ0n) is 12.3. The number of halogens is 1. The predicted molar refractivity (Wildman–Crippen MR) is 92.2 cm³/mol. The van der Waals surface area contributed by atoms with Crippen molar-refractivity contribution in [3.63, 3.8) is 0 Å². The van der Waals surface area contributed by atoms with Crippen molar-refractivity contribution in [2.45, 2.75) is 31.3 Å². The normalized spacial score (nSPS) is 17.3. The Bertz CT molecular complexity index is 585. The van der Waals surface area contributed by atoms with E-state index in [1.54, 1.807) is 22.1 Å². The predicted octanol–water partition coefficient (Wildman–Crippen LogP) is 2.68. The Balaban J connectivity index is 2.26. The molecule has 0 atom stereocenters. The Hall–Kier alpha value is -0.0800. The number of benzene rings is 1. The van der Waals surface area contributed by atoms with E-state index in [0.29, 0.717) is 35.0 Å². The minimum absolute atomic E-state index is 0.368. The van der Waals surface area contributed by atoms with Crippen molar-refractivity contribution in [1.29, 1.82) is 0 Å². The maximum Gasteiger partial charge on any atom is 0.244 e. The molecule has 0 bridgehead atoms. The van der Waals surface area contributed by atoms with Crippen molar-refractivity contribution < 1.29 is 8.42 Å². The second kappa shape index (κ2) is 7.46. The van der Waals surface area contributed by atoms with Gasteiger partial charge in [-0.2, -0.15) is 16.1 Å². The standard InChI is InChI=1S/C14H21BrN2O2S2/c1-11(2)16-10-12-3-4-13(15)14(9-12)21(18,19)17-5-7-20-8-6-17/h3-4,9,11,16H,5-8,10H2,1-2H3. The number of nitrogens with one attached hydrogen (secondary N) is 1. The first-order chi connectivity index (χ1) is 9.91. The largest absolute Gasteiger partial charge is 0.310 e. The second-order valence-electron chi connectivity index (χ2n) is 5.32. The number of rotatable bonds is 5. The van der Waals surface area contributed by atoms with Crippen LogP contribution in [0.1, 0.15) is 19.4 Å². The van der Waals surface area contributed by atoms with Crippen molar-refractivity contribution in [1.82, 2.24) is 9.62 Å². The van der Waals surface area contributed by atoms with Crippen LogP contribution in [0, 0.1) is 0 Å². The van der Waals surface area contributed by atoms with Crippen LogP contribution in [-0.4, -0.2) is 43.4 Å². The van der Waals surface area contributed by atoms with Crippen LogP contribution in [0.3, 0.4) is 0 Å². The lowest BCUT2D eigenvalue weighted by molar-refractivity contribution is 0.443. The van der Waals surface area contributed by atoms with Crippen molar-refractivity contribution in [2.24, 2.45) is 0 Å². The third-order valence-electron chi connectivity index (χ3n) is 3.30. The van der Waals surface area contributed by atoms with Crippen LogP contribution in [0.2, 0.25) is 0 Å². The third-order valence-corrected chi connectivity index (χ3v) is 7.13. The van der Waals surface area contributed by atoms with Gasteiger partial charge in [-0.25, -0.2) is 8.42 Å². The highest BCUT2D eigenvalue weighted by molar-refractivity contribution is 9.10. The molecule has 7 heteroatoms. The molecular formula is C14H21BrN2O2S2. The van der Waals surface area contributed by atoms with Gasteiger partial charge >= 0.3 is 0 Å². The summed E-state index contributed by atoms with van der Waals surface area (Å²) < 4.78 is 27.7. The van der Waals surface area contributed by atoms with Crippen molar-refractivity contribution in [2.75, 3.05) is 24.6 Å². The molecule has 4 nitrogen and oxygen atoms in total. The SMILES string of the molecule is CC(C)NCc1ccc(Br)c(S(=O)(=O)N2CCSCC2)c1. The summed E-state index contributed by atoms with van der Waals surface area (Å²) in [6, 6.07) is 5.91. The minimum atomic E-state index is -3.41. The number of nitrogens with zero attached hydrogens (tertiary/aromatic N) is 1. The molecule has 0 aliphatic carbocycles. The first-order valence-corrected chi connectivity index (χ1v) is 10.4. The van der Waals surface area contributed by atoms with E-state index in [1.807, 2.05) is 12.1 Å². The lowest BCUT2D eigenvalue weighted by Crippen LogP contribution is -2.38. The molecule has 1 aromatic carbocycles. The molecule has 1 heterocycles. The maximum atomic E-state index is 12.8. The van der Waals surface area contributed by atoms with Gasteiger partial charge in [0.2, 0.25) is 10.0 Å². The number of hydrogen-bond donors (Lipinski definition) is 1. The third kappa shape index (κ3) is 4.45. The molecule has 1 aliphatic heterocycles. The minimum Gasteiger partial charge on any atom is -0.310 e. The van der Waals surface area contributed by atoms with Crippen LogP contribution >= 0.6 is 27.7 Å². The molecular weight excluding hydrogens is 372 g/mol. The molecule has 1 aromatic rings. The van der Waals surface area contributed by atoms with Crippen LogP contribution in [0.5, 0.6) is 0 Å². The smallest absolute Gasteiger partial charge is 0.244 e. The molecule has 1 N–H and O–H groups in total. The fraction of sp³-hybridized carbons (Fsp3) is 0.571. The monoisotopic (exact) mass is 392 g/mol. The van der Waals surface area contributed by atoms with E-state index >= 15 is 0 Å². The summed E-state index contributed by atoms with van der Waals surface area (Å²) in [7, 11) is -3.41. The van der Waals surface area contributed by atoms with Crippen molar-refractivity contribution in [3.05, 3.63) is 28.2 Å². The lowest BCUT2D eigenvalue weighted by atomic mass is 10.2. The molecule has 0 aromatic heterocycles. The summed E-state index contributed by atoms with van der Waals surface area (Å²) in [5.41, 5.74) is 0.983. The molecule has 1 aliphatic rings. The first kappa shape index (κ1) is 17.3. The summed E-state index contributed by atoms with van der Waals surface area (Å²) in [6.45, 7) is 6.00. The van der Waals surface area contributed by atoms with E-state index in [0.717, 1.165) is 17.1 Å². The summed E-state index contributed by atoms with van der Waals surface area (Å²) in [5, 5.41) is 3.31. The van der Waals surface area contributed by atoms with Crippen LogP contribution in [-0.2, 0) is 16.6 Å². The number of thioether (sulfide) groups is 1. The molecule has 21 heavy (non-hydrogen) atoms. The Morgan fingerprint density at radius 3 is 2.62 bits per heavy atom. The van der Waals surface area contributed by atoms with Gasteiger partial charge < -0.3 is 5.32 Å². The lowest BCUT2D eigenvalue weighted by Gasteiger charge is -2.26. The van der Waals surface area contributed by atoms with Gasteiger partial charge in [0, 0.05) is 41.7 Å². The molecule has 0 amide bonds. The Kier molecular flexibility index (Phi) is 6.14. The average molecular weight is 393 g/mol. The fourth-order valence-corrected chi connectivity index (χ4v) is 5.65. The Morgan fingerprint density at radius 1 is 1.33 bits per heavy atom. The highest BCUT2D eigenvalue weighted by Gasteiger charge is 2.28. The van der Waals surface area contributed by atoms with E-state index in [9.17, 15) is 8.42 Å². The molecule has 1 fully saturated rings. The quantitative estimate of drug-likeness (QED) is 0.836. The van der Waals surface area contributed by atoms with Gasteiger partial charge in [0.25, 0.3) is 0 Å². The van der Waals surface area contributed by atoms with Gasteiger partial charge in [0.05, 0.1) is 4.90 Å². The molecule has 0 spiro atoms. The maximum absolute atomic E-state index is 12.8. The summed E-state index contributed by atoms with van der Waals surface area (Å²) in [4.78, 5) is 0.373. The van der Waals surface area contributed by atoms with Crippen LogP contribution in [0.25, 0.3) is 0 Å². The Labute approximate surface area is 139 Å². The van der Waals surface area contributed by atoms with E-state index in [2.05, 4.69) is 35.1 Å².